The Hall–Kier alpha value is -1.95. The van der Waals surface area contributed by atoms with Gasteiger partial charge < -0.3 is 15.0 Å². The van der Waals surface area contributed by atoms with Gasteiger partial charge in [0.1, 0.15) is 6.61 Å². The van der Waals surface area contributed by atoms with Crippen LogP contribution in [0.4, 0.5) is 0 Å². The van der Waals surface area contributed by atoms with E-state index >= 15 is 0 Å². The largest absolute Gasteiger partial charge is 0.365 e. The van der Waals surface area contributed by atoms with Crippen molar-refractivity contribution in [2.75, 3.05) is 26.2 Å². The van der Waals surface area contributed by atoms with Crippen LogP contribution in [-0.2, 0) is 20.7 Å². The van der Waals surface area contributed by atoms with E-state index in [9.17, 15) is 9.59 Å². The molecule has 1 aliphatic heterocycles. The van der Waals surface area contributed by atoms with Gasteiger partial charge in [0, 0.05) is 32.0 Å². The number of amides is 2. The van der Waals surface area contributed by atoms with Crippen LogP contribution in [-0.4, -0.2) is 54.0 Å². The quantitative estimate of drug-likeness (QED) is 0.836. The summed E-state index contributed by atoms with van der Waals surface area (Å²) in [5, 5.41) is 2.86. The Labute approximate surface area is 130 Å². The molecule has 1 unspecified atom stereocenters. The van der Waals surface area contributed by atoms with Crippen LogP contribution in [0.15, 0.2) is 24.5 Å². The first-order valence-corrected chi connectivity index (χ1v) is 7.59. The fourth-order valence-electron chi connectivity index (χ4n) is 2.40. The molecule has 22 heavy (non-hydrogen) atoms. The number of carbonyl (C=O) groups is 2. The summed E-state index contributed by atoms with van der Waals surface area (Å²) in [5.41, 5.74) is 0.876. The van der Waals surface area contributed by atoms with Gasteiger partial charge in [0.05, 0.1) is 12.5 Å². The molecule has 1 fully saturated rings. The molecule has 0 aromatic carbocycles. The van der Waals surface area contributed by atoms with Gasteiger partial charge >= 0.3 is 0 Å². The number of aromatic nitrogens is 1. The first-order valence-electron chi connectivity index (χ1n) is 7.59. The molecular weight excluding hydrogens is 282 g/mol. The highest BCUT2D eigenvalue weighted by molar-refractivity contribution is 5.79. The molecule has 2 rings (SSSR count). The molecule has 120 valence electrons. The van der Waals surface area contributed by atoms with Gasteiger partial charge in [-0.2, -0.15) is 0 Å². The Bertz CT molecular complexity index is 505. The Balaban J connectivity index is 1.76. The summed E-state index contributed by atoms with van der Waals surface area (Å²) in [6.45, 7) is 5.92. The molecule has 0 aliphatic carbocycles. The van der Waals surface area contributed by atoms with Crippen molar-refractivity contribution in [2.45, 2.75) is 26.4 Å². The lowest BCUT2D eigenvalue weighted by Crippen LogP contribution is -2.51. The van der Waals surface area contributed by atoms with Crippen LogP contribution in [0.3, 0.4) is 0 Å². The van der Waals surface area contributed by atoms with Crippen LogP contribution < -0.4 is 5.32 Å². The highest BCUT2D eigenvalue weighted by Gasteiger charge is 2.26. The summed E-state index contributed by atoms with van der Waals surface area (Å²) in [6, 6.07) is 3.68. The van der Waals surface area contributed by atoms with E-state index in [1.165, 1.54) is 0 Å². The van der Waals surface area contributed by atoms with Crippen molar-refractivity contribution in [3.63, 3.8) is 0 Å². The molecule has 1 atom stereocenters. The van der Waals surface area contributed by atoms with Gasteiger partial charge in [0.15, 0.2) is 0 Å². The van der Waals surface area contributed by atoms with Crippen molar-refractivity contribution in [1.82, 2.24) is 15.2 Å². The van der Waals surface area contributed by atoms with Crippen LogP contribution in [0.5, 0.6) is 0 Å². The number of ether oxygens (including phenoxy) is 1. The van der Waals surface area contributed by atoms with Crippen LogP contribution in [0, 0.1) is 5.92 Å². The van der Waals surface area contributed by atoms with E-state index < -0.39 is 0 Å². The minimum Gasteiger partial charge on any atom is -0.365 e. The lowest BCUT2D eigenvalue weighted by atomic mass is 10.1. The van der Waals surface area contributed by atoms with E-state index in [0.29, 0.717) is 25.4 Å². The van der Waals surface area contributed by atoms with Crippen LogP contribution >= 0.6 is 0 Å². The van der Waals surface area contributed by atoms with Crippen molar-refractivity contribution in [3.8, 4) is 0 Å². The highest BCUT2D eigenvalue weighted by atomic mass is 16.5. The van der Waals surface area contributed by atoms with Gasteiger partial charge in [-0.05, 0) is 17.5 Å². The molecule has 0 radical (unpaired) electrons. The molecule has 1 aromatic heterocycles. The fourth-order valence-corrected chi connectivity index (χ4v) is 2.40. The molecule has 1 saturated heterocycles. The van der Waals surface area contributed by atoms with Gasteiger partial charge in [0.2, 0.25) is 11.8 Å². The molecule has 1 N–H and O–H groups in total. The van der Waals surface area contributed by atoms with Crippen LogP contribution in [0.25, 0.3) is 0 Å². The topological polar surface area (TPSA) is 71.5 Å². The number of nitrogens with one attached hydrogen (secondary N) is 1. The predicted molar refractivity (Wildman–Crippen MR) is 82.1 cm³/mol. The fraction of sp³-hybridized carbons (Fsp3) is 0.562. The second-order valence-electron chi connectivity index (χ2n) is 5.97. The van der Waals surface area contributed by atoms with Gasteiger partial charge in [-0.1, -0.05) is 19.9 Å². The van der Waals surface area contributed by atoms with Crippen molar-refractivity contribution in [3.05, 3.63) is 30.1 Å². The third-order valence-corrected chi connectivity index (χ3v) is 3.42. The summed E-state index contributed by atoms with van der Waals surface area (Å²) >= 11 is 0. The SMILES string of the molecule is CC(C)CN1CC(CNC(=O)Cc2cccnc2)OCC1=O. The molecule has 0 saturated carbocycles. The van der Waals surface area contributed by atoms with Gasteiger partial charge in [-0.15, -0.1) is 0 Å². The third-order valence-electron chi connectivity index (χ3n) is 3.42. The minimum absolute atomic E-state index is 0.0200. The number of carbonyl (C=O) groups excluding carboxylic acids is 2. The molecule has 1 aromatic rings. The minimum atomic E-state index is -0.144. The predicted octanol–water partition coefficient (Wildman–Crippen LogP) is 0.624. The molecule has 2 amide bonds. The zero-order valence-corrected chi connectivity index (χ0v) is 13.1. The maximum absolute atomic E-state index is 11.9. The van der Waals surface area contributed by atoms with Gasteiger partial charge in [-0.25, -0.2) is 0 Å². The Morgan fingerprint density at radius 1 is 1.55 bits per heavy atom. The smallest absolute Gasteiger partial charge is 0.248 e. The zero-order chi connectivity index (χ0) is 15.9. The Morgan fingerprint density at radius 2 is 2.36 bits per heavy atom. The van der Waals surface area contributed by atoms with Gasteiger partial charge in [-0.3, -0.25) is 14.6 Å². The Kier molecular flexibility index (Phi) is 5.89. The Morgan fingerprint density at radius 3 is 3.05 bits per heavy atom. The molecule has 0 spiro atoms. The third kappa shape index (κ3) is 5.11. The molecular formula is C16H23N3O3. The van der Waals surface area contributed by atoms with E-state index in [2.05, 4.69) is 24.1 Å². The lowest BCUT2D eigenvalue weighted by molar-refractivity contribution is -0.149. The average molecular weight is 305 g/mol. The maximum Gasteiger partial charge on any atom is 0.248 e. The van der Waals surface area contributed by atoms with E-state index in [4.69, 9.17) is 4.74 Å². The second kappa shape index (κ2) is 7.89. The molecule has 2 heterocycles. The monoisotopic (exact) mass is 305 g/mol. The molecule has 1 aliphatic rings. The van der Waals surface area contributed by atoms with E-state index in [1.807, 2.05) is 17.0 Å². The average Bonchev–Trinajstić information content (AvgIpc) is 2.48. The second-order valence-corrected chi connectivity index (χ2v) is 5.97. The van der Waals surface area contributed by atoms with E-state index in [1.54, 1.807) is 12.4 Å². The van der Waals surface area contributed by atoms with Gasteiger partial charge in [0.25, 0.3) is 0 Å². The van der Waals surface area contributed by atoms with Crippen LogP contribution in [0.1, 0.15) is 19.4 Å². The van der Waals surface area contributed by atoms with Crippen molar-refractivity contribution in [2.24, 2.45) is 5.92 Å². The molecule has 0 bridgehead atoms. The summed E-state index contributed by atoms with van der Waals surface area (Å²) in [7, 11) is 0. The normalized spacial score (nSPS) is 18.6. The number of hydrogen-bond acceptors (Lipinski definition) is 4. The first kappa shape index (κ1) is 16.4. The molecule has 6 heteroatoms. The van der Waals surface area contributed by atoms with E-state index in [0.717, 1.165) is 12.1 Å². The highest BCUT2D eigenvalue weighted by Crippen LogP contribution is 2.09. The maximum atomic E-state index is 11.9. The van der Waals surface area contributed by atoms with E-state index in [-0.39, 0.29) is 24.5 Å². The summed E-state index contributed by atoms with van der Waals surface area (Å²) in [5.74, 6) is 0.374. The zero-order valence-electron chi connectivity index (χ0n) is 13.1. The summed E-state index contributed by atoms with van der Waals surface area (Å²) in [4.78, 5) is 29.5. The summed E-state index contributed by atoms with van der Waals surface area (Å²) in [6.07, 6.45) is 3.52. The number of nitrogens with zero attached hydrogens (tertiary/aromatic N) is 2. The first-order chi connectivity index (χ1) is 10.5. The number of hydrogen-bond donors (Lipinski definition) is 1. The van der Waals surface area contributed by atoms with Crippen molar-refractivity contribution < 1.29 is 14.3 Å². The number of morpholine rings is 1. The van der Waals surface area contributed by atoms with Crippen LogP contribution in [0.2, 0.25) is 0 Å². The number of rotatable bonds is 6. The number of pyridine rings is 1. The van der Waals surface area contributed by atoms with Crippen molar-refractivity contribution >= 4 is 11.8 Å². The lowest BCUT2D eigenvalue weighted by Gasteiger charge is -2.33. The standard InChI is InChI=1S/C16H23N3O3/c1-12(2)9-19-10-14(22-11-16(19)21)8-18-15(20)6-13-4-3-5-17-7-13/h3-5,7,12,14H,6,8-11H2,1-2H3,(H,18,20). The molecule has 6 nitrogen and oxygen atoms in total. The van der Waals surface area contributed by atoms with Crippen molar-refractivity contribution in [1.29, 1.82) is 0 Å². The summed E-state index contributed by atoms with van der Waals surface area (Å²) < 4.78 is 5.48.